The molecule has 0 radical (unpaired) electrons. The average molecular weight is 340 g/mol. The Morgan fingerprint density at radius 2 is 1.74 bits per heavy atom. The van der Waals surface area contributed by atoms with E-state index in [0.717, 1.165) is 17.7 Å². The molecule has 0 aliphatic rings. The molecule has 1 unspecified atom stereocenters. The molecule has 2 aromatic rings. The van der Waals surface area contributed by atoms with Crippen LogP contribution in [0.25, 0.3) is 0 Å². The molecule has 0 bridgehead atoms. The van der Waals surface area contributed by atoms with Crippen molar-refractivity contribution in [3.8, 4) is 0 Å². The minimum atomic E-state index is -4.20. The summed E-state index contributed by atoms with van der Waals surface area (Å²) in [5.74, 6) is -1.80. The van der Waals surface area contributed by atoms with E-state index in [2.05, 4.69) is 4.72 Å². The third-order valence-corrected chi connectivity index (χ3v) is 4.72. The normalized spacial score (nSPS) is 13.3. The lowest BCUT2D eigenvalue weighted by Crippen LogP contribution is -2.35. The second-order valence-electron chi connectivity index (χ2n) is 5.42. The Bertz CT molecular complexity index is 765. The first-order chi connectivity index (χ1) is 10.8. The fourth-order valence-electron chi connectivity index (χ4n) is 2.20. The maximum absolute atomic E-state index is 13.8. The summed E-state index contributed by atoms with van der Waals surface area (Å²) in [6.45, 7) is 0.375. The smallest absolute Gasteiger partial charge is 0.244 e. The van der Waals surface area contributed by atoms with Crippen LogP contribution in [0, 0.1) is 11.6 Å². The summed E-state index contributed by atoms with van der Waals surface area (Å²) in [5, 5.41) is 0. The third-order valence-electron chi connectivity index (χ3n) is 3.23. The van der Waals surface area contributed by atoms with Gasteiger partial charge in [0, 0.05) is 6.54 Å². The summed E-state index contributed by atoms with van der Waals surface area (Å²) >= 11 is 0. The Balaban J connectivity index is 2.36. The van der Waals surface area contributed by atoms with Gasteiger partial charge < -0.3 is 4.90 Å². The van der Waals surface area contributed by atoms with Crippen molar-refractivity contribution in [3.63, 3.8) is 0 Å². The Morgan fingerprint density at radius 1 is 1.09 bits per heavy atom. The fraction of sp³-hybridized carbons (Fsp3) is 0.250. The molecule has 0 amide bonds. The van der Waals surface area contributed by atoms with Crippen LogP contribution in [-0.4, -0.2) is 34.0 Å². The maximum atomic E-state index is 13.8. The van der Waals surface area contributed by atoms with Crippen LogP contribution in [0.1, 0.15) is 11.6 Å². The Labute approximate surface area is 134 Å². The maximum Gasteiger partial charge on any atom is 0.244 e. The predicted molar refractivity (Wildman–Crippen MR) is 84.4 cm³/mol. The SMILES string of the molecule is CN(C)CC(NS(=O)(=O)c1cc(F)ccc1F)c1ccccc1. The second-order valence-corrected chi connectivity index (χ2v) is 7.10. The number of sulfonamides is 1. The van der Waals surface area contributed by atoms with Gasteiger partial charge in [0.15, 0.2) is 0 Å². The number of likely N-dealkylation sites (N-methyl/N-ethyl adjacent to an activating group) is 1. The van der Waals surface area contributed by atoms with Crippen molar-refractivity contribution in [2.24, 2.45) is 0 Å². The number of rotatable bonds is 6. The molecule has 7 heteroatoms. The molecule has 1 N–H and O–H groups in total. The van der Waals surface area contributed by atoms with Gasteiger partial charge in [-0.15, -0.1) is 0 Å². The zero-order valence-electron chi connectivity index (χ0n) is 12.8. The predicted octanol–water partition coefficient (Wildman–Crippen LogP) is 2.55. The van der Waals surface area contributed by atoms with Crippen LogP contribution in [0.2, 0.25) is 0 Å². The van der Waals surface area contributed by atoms with Crippen LogP contribution in [0.15, 0.2) is 53.4 Å². The Hall–Kier alpha value is -1.83. The van der Waals surface area contributed by atoms with Crippen LogP contribution in [0.5, 0.6) is 0 Å². The van der Waals surface area contributed by atoms with Crippen LogP contribution in [0.4, 0.5) is 8.78 Å². The van der Waals surface area contributed by atoms with Crippen LogP contribution >= 0.6 is 0 Å². The largest absolute Gasteiger partial charge is 0.307 e. The molecular formula is C16H18F2N2O2S. The minimum absolute atomic E-state index is 0.375. The van der Waals surface area contributed by atoms with Crippen molar-refractivity contribution in [2.45, 2.75) is 10.9 Å². The first-order valence-electron chi connectivity index (χ1n) is 6.96. The number of nitrogens with one attached hydrogen (secondary N) is 1. The van der Waals surface area contributed by atoms with E-state index in [1.165, 1.54) is 0 Å². The van der Waals surface area contributed by atoms with Crippen molar-refractivity contribution < 1.29 is 17.2 Å². The fourth-order valence-corrected chi connectivity index (χ4v) is 3.50. The van der Waals surface area contributed by atoms with Crippen LogP contribution in [-0.2, 0) is 10.0 Å². The Kier molecular flexibility index (Phi) is 5.46. The zero-order valence-corrected chi connectivity index (χ0v) is 13.6. The first kappa shape index (κ1) is 17.5. The van der Waals surface area contributed by atoms with E-state index >= 15 is 0 Å². The van der Waals surface area contributed by atoms with Gasteiger partial charge in [0.05, 0.1) is 6.04 Å². The van der Waals surface area contributed by atoms with E-state index < -0.39 is 32.6 Å². The van der Waals surface area contributed by atoms with Gasteiger partial charge in [-0.2, -0.15) is 0 Å². The highest BCUT2D eigenvalue weighted by atomic mass is 32.2. The van der Waals surface area contributed by atoms with Gasteiger partial charge in [-0.05, 0) is 37.9 Å². The average Bonchev–Trinajstić information content (AvgIpc) is 2.49. The number of halogens is 2. The lowest BCUT2D eigenvalue weighted by atomic mass is 10.1. The van der Waals surface area contributed by atoms with Crippen LogP contribution in [0.3, 0.4) is 0 Å². The van der Waals surface area contributed by atoms with Gasteiger partial charge in [-0.1, -0.05) is 30.3 Å². The molecule has 4 nitrogen and oxygen atoms in total. The molecule has 0 spiro atoms. The van der Waals surface area contributed by atoms with E-state index in [-0.39, 0.29) is 0 Å². The summed E-state index contributed by atoms with van der Waals surface area (Å²) < 4.78 is 54.4. The summed E-state index contributed by atoms with van der Waals surface area (Å²) in [4.78, 5) is 1.11. The number of hydrogen-bond acceptors (Lipinski definition) is 3. The molecule has 124 valence electrons. The highest BCUT2D eigenvalue weighted by molar-refractivity contribution is 7.89. The second kappa shape index (κ2) is 7.16. The van der Waals surface area contributed by atoms with Crippen molar-refractivity contribution in [3.05, 3.63) is 65.7 Å². The molecule has 0 heterocycles. The van der Waals surface area contributed by atoms with Gasteiger partial charge in [-0.25, -0.2) is 21.9 Å². The zero-order chi connectivity index (χ0) is 17.0. The number of nitrogens with zero attached hydrogens (tertiary/aromatic N) is 1. The molecule has 0 aromatic heterocycles. The first-order valence-corrected chi connectivity index (χ1v) is 8.45. The van der Waals surface area contributed by atoms with Gasteiger partial charge in [0.25, 0.3) is 0 Å². The molecule has 23 heavy (non-hydrogen) atoms. The van der Waals surface area contributed by atoms with Crippen molar-refractivity contribution >= 4 is 10.0 Å². The molecule has 0 saturated heterocycles. The highest BCUT2D eigenvalue weighted by Gasteiger charge is 2.25. The molecule has 2 rings (SSSR count). The van der Waals surface area contributed by atoms with Crippen molar-refractivity contribution in [1.29, 1.82) is 0 Å². The Morgan fingerprint density at radius 3 is 2.35 bits per heavy atom. The van der Waals surface area contributed by atoms with E-state index in [4.69, 9.17) is 0 Å². The molecule has 1 atom stereocenters. The lowest BCUT2D eigenvalue weighted by molar-refractivity contribution is 0.363. The molecule has 0 saturated carbocycles. The summed E-state index contributed by atoms with van der Waals surface area (Å²) in [6.07, 6.45) is 0. The van der Waals surface area contributed by atoms with Crippen LogP contribution < -0.4 is 4.72 Å². The third kappa shape index (κ3) is 4.57. The monoisotopic (exact) mass is 340 g/mol. The number of hydrogen-bond donors (Lipinski definition) is 1. The van der Waals surface area contributed by atoms with E-state index in [0.29, 0.717) is 12.6 Å². The molecule has 0 aliphatic carbocycles. The van der Waals surface area contributed by atoms with Crippen molar-refractivity contribution in [1.82, 2.24) is 9.62 Å². The van der Waals surface area contributed by atoms with Gasteiger partial charge in [-0.3, -0.25) is 0 Å². The topological polar surface area (TPSA) is 49.4 Å². The van der Waals surface area contributed by atoms with Gasteiger partial charge >= 0.3 is 0 Å². The van der Waals surface area contributed by atoms with E-state index in [1.807, 2.05) is 11.0 Å². The molecule has 0 fully saturated rings. The quantitative estimate of drug-likeness (QED) is 0.879. The summed E-state index contributed by atoms with van der Waals surface area (Å²) in [5.41, 5.74) is 0.738. The molecule has 0 aliphatic heterocycles. The minimum Gasteiger partial charge on any atom is -0.307 e. The number of benzene rings is 2. The van der Waals surface area contributed by atoms with Crippen molar-refractivity contribution in [2.75, 3.05) is 20.6 Å². The molecule has 2 aromatic carbocycles. The summed E-state index contributed by atoms with van der Waals surface area (Å²) in [6, 6.07) is 10.7. The standard InChI is InChI=1S/C16H18F2N2O2S/c1-20(2)11-15(12-6-4-3-5-7-12)19-23(21,22)16-10-13(17)8-9-14(16)18/h3-10,15,19H,11H2,1-2H3. The van der Waals surface area contributed by atoms with Gasteiger partial charge in [0.2, 0.25) is 10.0 Å². The van der Waals surface area contributed by atoms with E-state index in [9.17, 15) is 17.2 Å². The highest BCUT2D eigenvalue weighted by Crippen LogP contribution is 2.20. The summed E-state index contributed by atoms with van der Waals surface area (Å²) in [7, 11) is -0.601. The lowest BCUT2D eigenvalue weighted by Gasteiger charge is -2.23. The van der Waals surface area contributed by atoms with Gasteiger partial charge in [0.1, 0.15) is 16.5 Å². The van der Waals surface area contributed by atoms with E-state index in [1.54, 1.807) is 38.4 Å². The molecular weight excluding hydrogens is 322 g/mol.